The van der Waals surface area contributed by atoms with Gasteiger partial charge in [-0.3, -0.25) is 4.79 Å². The van der Waals surface area contributed by atoms with Crippen LogP contribution in [0.1, 0.15) is 59.3 Å². The second kappa shape index (κ2) is 5.65. The summed E-state index contributed by atoms with van der Waals surface area (Å²) in [4.78, 5) is 11.5. The lowest BCUT2D eigenvalue weighted by Gasteiger charge is -2.55. The number of fused-ring (bicyclic) bond motifs is 5. The molecule has 3 fully saturated rings. The molecule has 0 aromatic rings. The van der Waals surface area contributed by atoms with Gasteiger partial charge in [-0.1, -0.05) is 37.1 Å². The summed E-state index contributed by atoms with van der Waals surface area (Å²) in [5, 5.41) is 21.1. The lowest BCUT2D eigenvalue weighted by molar-refractivity contribution is -0.273. The van der Waals surface area contributed by atoms with Crippen LogP contribution in [0.4, 0.5) is 4.39 Å². The summed E-state index contributed by atoms with van der Waals surface area (Å²) >= 11 is 0. The van der Waals surface area contributed by atoms with Gasteiger partial charge in [0.1, 0.15) is 0 Å². The average molecular weight is 364 g/mol. The fraction of sp³-hybridized carbons (Fsp3) is 0.762. The second-order valence-corrected chi connectivity index (χ2v) is 9.23. The second-order valence-electron chi connectivity index (χ2n) is 9.23. The highest BCUT2D eigenvalue weighted by molar-refractivity contribution is 5.66. The molecule has 0 aromatic carbocycles. The van der Waals surface area contributed by atoms with Crippen LogP contribution in [0.3, 0.4) is 0 Å². The van der Waals surface area contributed by atoms with Crippen molar-refractivity contribution in [3.8, 4) is 0 Å². The van der Waals surface area contributed by atoms with E-state index in [9.17, 15) is 19.4 Å². The SMILES string of the molecule is CC(=O)OC1(O)C(F)C[C@H]2C3=CC=C4CC(O)CC[C@]4(C)[C@@H]3CC[C@@]21C. The third-order valence-corrected chi connectivity index (χ3v) is 7.94. The number of esters is 1. The van der Waals surface area contributed by atoms with Crippen molar-refractivity contribution in [1.82, 2.24) is 0 Å². The summed E-state index contributed by atoms with van der Waals surface area (Å²) in [6, 6.07) is 0. The summed E-state index contributed by atoms with van der Waals surface area (Å²) in [5.41, 5.74) is 1.67. The molecule has 0 aromatic heterocycles. The quantitative estimate of drug-likeness (QED) is 0.553. The number of hydrogen-bond acceptors (Lipinski definition) is 4. The van der Waals surface area contributed by atoms with Gasteiger partial charge in [0.05, 0.1) is 6.10 Å². The number of carbonyl (C=O) groups is 1. The normalized spacial score (nSPS) is 50.1. The molecule has 2 N–H and O–H groups in total. The molecule has 26 heavy (non-hydrogen) atoms. The molecule has 3 saturated carbocycles. The molecule has 4 nitrogen and oxygen atoms in total. The molecule has 0 amide bonds. The Morgan fingerprint density at radius 3 is 2.65 bits per heavy atom. The Morgan fingerprint density at radius 2 is 1.96 bits per heavy atom. The van der Waals surface area contributed by atoms with Crippen LogP contribution in [0.5, 0.6) is 0 Å². The summed E-state index contributed by atoms with van der Waals surface area (Å²) in [7, 11) is 0. The number of aliphatic hydroxyl groups is 2. The maximum absolute atomic E-state index is 14.9. The average Bonchev–Trinajstić information content (AvgIpc) is 2.75. The van der Waals surface area contributed by atoms with Crippen LogP contribution >= 0.6 is 0 Å². The molecular formula is C21H29FO4. The Kier molecular flexibility index (Phi) is 3.95. The van der Waals surface area contributed by atoms with Crippen molar-refractivity contribution in [2.45, 2.75) is 77.4 Å². The minimum atomic E-state index is -2.05. The van der Waals surface area contributed by atoms with E-state index in [1.165, 1.54) is 18.1 Å². The lowest BCUT2D eigenvalue weighted by atomic mass is 9.51. The highest BCUT2D eigenvalue weighted by atomic mass is 19.1. The smallest absolute Gasteiger partial charge is 0.305 e. The van der Waals surface area contributed by atoms with Crippen molar-refractivity contribution in [3.05, 3.63) is 23.3 Å². The first-order valence-electron chi connectivity index (χ1n) is 9.77. The number of halogens is 1. The predicted molar refractivity (Wildman–Crippen MR) is 94.7 cm³/mol. The van der Waals surface area contributed by atoms with Gasteiger partial charge in [-0.25, -0.2) is 4.39 Å². The molecular weight excluding hydrogens is 335 g/mol. The van der Waals surface area contributed by atoms with E-state index in [0.29, 0.717) is 18.8 Å². The van der Waals surface area contributed by atoms with Crippen molar-refractivity contribution >= 4 is 5.97 Å². The number of rotatable bonds is 1. The molecule has 4 aliphatic rings. The van der Waals surface area contributed by atoms with Crippen molar-refractivity contribution < 1.29 is 24.1 Å². The van der Waals surface area contributed by atoms with Gasteiger partial charge < -0.3 is 14.9 Å². The van der Waals surface area contributed by atoms with Gasteiger partial charge >= 0.3 is 5.97 Å². The molecule has 4 aliphatic carbocycles. The predicted octanol–water partition coefficient (Wildman–Crippen LogP) is 3.43. The standard InChI is InChI=1S/C21H29FO4/c1-12(23)26-21(25)18(22)11-17-15-5-4-13-10-14(24)6-8-19(13,2)16(15)7-9-20(17,21)3/h4-5,14,16-18,24-25H,6-11H2,1-3H3/t14?,16-,17+,18?,19+,20+,21?/m1/s1. The molecule has 5 heteroatoms. The van der Waals surface area contributed by atoms with E-state index in [0.717, 1.165) is 19.3 Å². The topological polar surface area (TPSA) is 66.8 Å². The summed E-state index contributed by atoms with van der Waals surface area (Å²) in [5.74, 6) is -2.53. The Morgan fingerprint density at radius 1 is 1.23 bits per heavy atom. The zero-order valence-corrected chi connectivity index (χ0v) is 15.8. The Balaban J connectivity index is 1.74. The first kappa shape index (κ1) is 18.2. The Bertz CT molecular complexity index is 700. The molecule has 7 atom stereocenters. The minimum absolute atomic E-state index is 0.00140. The van der Waals surface area contributed by atoms with Crippen LogP contribution in [-0.4, -0.2) is 34.2 Å². The number of ether oxygens (including phenoxy) is 1. The third kappa shape index (κ3) is 2.22. The molecule has 0 radical (unpaired) electrons. The van der Waals surface area contributed by atoms with E-state index in [-0.39, 0.29) is 23.9 Å². The molecule has 144 valence electrons. The van der Waals surface area contributed by atoms with Crippen LogP contribution in [-0.2, 0) is 9.53 Å². The molecule has 0 aliphatic heterocycles. The van der Waals surface area contributed by atoms with E-state index in [2.05, 4.69) is 19.1 Å². The van der Waals surface area contributed by atoms with Crippen LogP contribution in [0.25, 0.3) is 0 Å². The summed E-state index contributed by atoms with van der Waals surface area (Å²) in [6.45, 7) is 5.35. The lowest BCUT2D eigenvalue weighted by Crippen LogP contribution is -2.55. The zero-order valence-electron chi connectivity index (χ0n) is 15.8. The highest BCUT2D eigenvalue weighted by Gasteiger charge is 2.69. The third-order valence-electron chi connectivity index (χ3n) is 7.94. The van der Waals surface area contributed by atoms with E-state index < -0.39 is 23.3 Å². The van der Waals surface area contributed by atoms with Gasteiger partial charge in [-0.2, -0.15) is 0 Å². The van der Waals surface area contributed by atoms with E-state index in [1.54, 1.807) is 0 Å². The van der Waals surface area contributed by atoms with Crippen LogP contribution < -0.4 is 0 Å². The van der Waals surface area contributed by atoms with Crippen LogP contribution in [0, 0.1) is 22.7 Å². The number of carbonyl (C=O) groups excluding carboxylic acids is 1. The monoisotopic (exact) mass is 364 g/mol. The fourth-order valence-corrected chi connectivity index (χ4v) is 6.33. The molecule has 0 bridgehead atoms. The van der Waals surface area contributed by atoms with Crippen LogP contribution in [0.15, 0.2) is 23.3 Å². The Hall–Kier alpha value is -1.20. The van der Waals surface area contributed by atoms with Gasteiger partial charge in [0.2, 0.25) is 5.79 Å². The van der Waals surface area contributed by atoms with Gasteiger partial charge in [0.15, 0.2) is 6.17 Å². The Labute approximate surface area is 154 Å². The van der Waals surface area contributed by atoms with Gasteiger partial charge in [0, 0.05) is 12.3 Å². The largest absolute Gasteiger partial charge is 0.430 e. The van der Waals surface area contributed by atoms with Gasteiger partial charge in [0.25, 0.3) is 0 Å². The number of aliphatic hydroxyl groups excluding tert-OH is 1. The van der Waals surface area contributed by atoms with Crippen molar-refractivity contribution in [3.63, 3.8) is 0 Å². The maximum atomic E-state index is 14.9. The number of allylic oxidation sites excluding steroid dienone is 3. The van der Waals surface area contributed by atoms with Crippen molar-refractivity contribution in [1.29, 1.82) is 0 Å². The fourth-order valence-electron chi connectivity index (χ4n) is 6.33. The van der Waals surface area contributed by atoms with Gasteiger partial charge in [-0.05, 0) is 55.8 Å². The van der Waals surface area contributed by atoms with E-state index in [4.69, 9.17) is 4.74 Å². The molecule has 0 saturated heterocycles. The van der Waals surface area contributed by atoms with Crippen LogP contribution in [0.2, 0.25) is 0 Å². The van der Waals surface area contributed by atoms with Crippen molar-refractivity contribution in [2.75, 3.05) is 0 Å². The molecule has 3 unspecified atom stereocenters. The first-order valence-corrected chi connectivity index (χ1v) is 9.77. The highest BCUT2D eigenvalue weighted by Crippen LogP contribution is 2.66. The first-order chi connectivity index (χ1) is 12.1. The minimum Gasteiger partial charge on any atom is -0.430 e. The molecule has 0 heterocycles. The molecule has 0 spiro atoms. The zero-order chi connectivity index (χ0) is 18.9. The van der Waals surface area contributed by atoms with Gasteiger partial charge in [-0.15, -0.1) is 0 Å². The summed E-state index contributed by atoms with van der Waals surface area (Å²) < 4.78 is 20.1. The number of alkyl halides is 1. The number of hydrogen-bond donors (Lipinski definition) is 2. The maximum Gasteiger partial charge on any atom is 0.305 e. The van der Waals surface area contributed by atoms with Crippen molar-refractivity contribution in [2.24, 2.45) is 22.7 Å². The van der Waals surface area contributed by atoms with E-state index >= 15 is 0 Å². The molecule has 4 rings (SSSR count). The van der Waals surface area contributed by atoms with E-state index in [1.807, 2.05) is 6.92 Å². The summed E-state index contributed by atoms with van der Waals surface area (Å²) in [6.07, 6.45) is 6.42.